The van der Waals surface area contributed by atoms with E-state index in [-0.39, 0.29) is 6.04 Å². The van der Waals surface area contributed by atoms with Crippen molar-refractivity contribution < 1.29 is 39.2 Å². The molecule has 0 bridgehead atoms. The highest BCUT2D eigenvalue weighted by atomic mass is 16.5. The molecular weight excluding hydrogens is 660 g/mol. The average molecular weight is 707 g/mol. The van der Waals surface area contributed by atoms with Crippen LogP contribution in [0.15, 0.2) is 54.9 Å². The number of carbonyl (C=O) groups excluding carboxylic acids is 1. The Kier molecular flexibility index (Phi) is 14.8. The van der Waals surface area contributed by atoms with Gasteiger partial charge in [0.25, 0.3) is 23.8 Å². The Balaban J connectivity index is 0.000000511. The fraction of sp³-hybridized carbons (Fsp3) is 0.400. The summed E-state index contributed by atoms with van der Waals surface area (Å²) in [5, 5.41) is 28.1. The van der Waals surface area contributed by atoms with Gasteiger partial charge in [-0.15, -0.1) is 0 Å². The van der Waals surface area contributed by atoms with Crippen molar-refractivity contribution in [1.82, 2.24) is 29.5 Å². The minimum Gasteiger partial charge on any atom is -0.481 e. The molecule has 1 saturated carbocycles. The first-order chi connectivity index (χ1) is 24.2. The number of carboxylic acids is 3. The highest BCUT2D eigenvalue weighted by Gasteiger charge is 2.30. The van der Waals surface area contributed by atoms with Crippen molar-refractivity contribution in [3.63, 3.8) is 0 Å². The fourth-order valence-corrected chi connectivity index (χ4v) is 5.90. The number of nitrogens with two attached hydrogens (primary N) is 2. The molecule has 7 N–H and O–H groups in total. The molecule has 3 heterocycles. The minimum atomic E-state index is -0.833. The second-order valence-corrected chi connectivity index (χ2v) is 12.1. The van der Waals surface area contributed by atoms with Crippen LogP contribution in [0.3, 0.4) is 0 Å². The van der Waals surface area contributed by atoms with E-state index in [1.54, 1.807) is 24.3 Å². The maximum Gasteiger partial charge on any atom is 0.300 e. The van der Waals surface area contributed by atoms with E-state index in [0.717, 1.165) is 94.9 Å². The number of nitrogens with zero attached hydrogens (tertiary/aromatic N) is 6. The molecule has 0 spiro atoms. The molecule has 0 atom stereocenters. The summed E-state index contributed by atoms with van der Waals surface area (Å²) in [4.78, 5) is 52.8. The summed E-state index contributed by atoms with van der Waals surface area (Å²) in [5.41, 5.74) is 14.6. The van der Waals surface area contributed by atoms with Gasteiger partial charge in [0.15, 0.2) is 5.65 Å². The number of hydrogen-bond acceptors (Lipinski definition) is 11. The average Bonchev–Trinajstić information content (AvgIpc) is 3.46. The summed E-state index contributed by atoms with van der Waals surface area (Å²) in [6.45, 7) is 7.82. The summed E-state index contributed by atoms with van der Waals surface area (Å²) in [6.07, 6.45) is 5.90. The molecule has 6 rings (SSSR count). The van der Waals surface area contributed by atoms with Crippen molar-refractivity contribution in [3.05, 3.63) is 60.4 Å². The summed E-state index contributed by atoms with van der Waals surface area (Å²) < 4.78 is 8.12. The normalized spacial score (nSPS) is 17.3. The van der Waals surface area contributed by atoms with Gasteiger partial charge in [0, 0.05) is 58.6 Å². The zero-order valence-electron chi connectivity index (χ0n) is 29.2. The Hall–Kier alpha value is -5.61. The number of benzene rings is 2. The Bertz CT molecular complexity index is 1760. The van der Waals surface area contributed by atoms with Crippen LogP contribution in [-0.2, 0) is 14.4 Å². The number of rotatable bonds is 6. The molecule has 2 fully saturated rings. The van der Waals surface area contributed by atoms with Crippen LogP contribution in [0.1, 0.15) is 62.9 Å². The zero-order valence-corrected chi connectivity index (χ0v) is 29.2. The first kappa shape index (κ1) is 39.8. The van der Waals surface area contributed by atoms with Gasteiger partial charge in [-0.25, -0.2) is 14.6 Å². The Morgan fingerprint density at radius 3 is 1.96 bits per heavy atom. The Morgan fingerprint density at radius 2 is 1.37 bits per heavy atom. The third kappa shape index (κ3) is 12.0. The van der Waals surface area contributed by atoms with Gasteiger partial charge in [0.05, 0.1) is 17.0 Å². The van der Waals surface area contributed by atoms with E-state index in [9.17, 15) is 4.79 Å². The van der Waals surface area contributed by atoms with Crippen molar-refractivity contribution in [2.24, 2.45) is 5.73 Å². The predicted molar refractivity (Wildman–Crippen MR) is 190 cm³/mol. The number of nitrogen functional groups attached to an aromatic ring is 1. The number of ether oxygens (including phenoxy) is 1. The molecular formula is C35H46N8O8. The van der Waals surface area contributed by atoms with Crippen molar-refractivity contribution >= 4 is 40.7 Å². The maximum absolute atomic E-state index is 11.9. The molecule has 16 nitrogen and oxygen atoms in total. The molecule has 2 aromatic heterocycles. The number of likely N-dealkylation sites (N-methyl/N-ethyl adjacent to an activating group) is 1. The number of hydrogen-bond donors (Lipinski definition) is 5. The number of amides is 1. The first-order valence-electron chi connectivity index (χ1n) is 16.3. The molecule has 0 radical (unpaired) electrons. The molecule has 274 valence electrons. The van der Waals surface area contributed by atoms with Crippen molar-refractivity contribution in [2.45, 2.75) is 58.5 Å². The van der Waals surface area contributed by atoms with E-state index in [2.05, 4.69) is 31.5 Å². The number of aromatic nitrogens is 4. The van der Waals surface area contributed by atoms with Gasteiger partial charge in [-0.1, -0.05) is 24.3 Å². The van der Waals surface area contributed by atoms with Crippen LogP contribution in [0.5, 0.6) is 11.5 Å². The van der Waals surface area contributed by atoms with Crippen LogP contribution >= 0.6 is 0 Å². The van der Waals surface area contributed by atoms with Gasteiger partial charge >= 0.3 is 0 Å². The first-order valence-corrected chi connectivity index (χ1v) is 16.3. The number of fused-ring (bicyclic) bond motifs is 1. The second-order valence-electron chi connectivity index (χ2n) is 12.1. The smallest absolute Gasteiger partial charge is 0.300 e. The predicted octanol–water partition coefficient (Wildman–Crippen LogP) is 3.97. The van der Waals surface area contributed by atoms with E-state index >= 15 is 0 Å². The van der Waals surface area contributed by atoms with E-state index < -0.39 is 23.8 Å². The van der Waals surface area contributed by atoms with Crippen molar-refractivity contribution in [2.75, 3.05) is 39.0 Å². The lowest BCUT2D eigenvalue weighted by Gasteiger charge is -2.41. The standard InChI is InChI=1S/C29H34N8O2.3C2H4O2/c1-35-13-15-36(16-14-35)20-9-11-21(12-10-20)37-29-25(27(30)32-18-33-29)26(34-37)19-5-4-6-22(17-19)39-24-8-3-2-7-23(24)28(31)38;3*1-2(3)4/h2-8,17-18,20-21H,9-16H2,1H3,(H2,31,38)(H2,30,32,33);3*1H3,(H,3,4)/t20-,21+;;;. The number of piperazine rings is 1. The van der Waals surface area contributed by atoms with E-state index in [0.29, 0.717) is 28.9 Å². The van der Waals surface area contributed by atoms with Gasteiger partial charge in [-0.2, -0.15) is 5.10 Å². The lowest BCUT2D eigenvalue weighted by atomic mass is 9.90. The molecule has 4 aromatic rings. The van der Waals surface area contributed by atoms with Gasteiger partial charge in [0.1, 0.15) is 29.3 Å². The van der Waals surface area contributed by atoms with Gasteiger partial charge in [-0.05, 0) is 57.0 Å². The number of anilines is 1. The number of para-hydroxylation sites is 1. The van der Waals surface area contributed by atoms with E-state index in [1.807, 2.05) is 24.3 Å². The van der Waals surface area contributed by atoms with Gasteiger partial charge in [-0.3, -0.25) is 24.1 Å². The fourth-order valence-electron chi connectivity index (χ4n) is 5.90. The third-order valence-corrected chi connectivity index (χ3v) is 8.07. The summed E-state index contributed by atoms with van der Waals surface area (Å²) >= 11 is 0. The molecule has 51 heavy (non-hydrogen) atoms. The summed E-state index contributed by atoms with van der Waals surface area (Å²) in [7, 11) is 2.20. The van der Waals surface area contributed by atoms with Crippen LogP contribution < -0.4 is 16.2 Å². The van der Waals surface area contributed by atoms with Crippen LogP contribution in [0.25, 0.3) is 22.3 Å². The summed E-state index contributed by atoms with van der Waals surface area (Å²) in [5.74, 6) is -1.68. The molecule has 2 aliphatic rings. The molecule has 1 aliphatic carbocycles. The molecule has 1 amide bonds. The van der Waals surface area contributed by atoms with Crippen LogP contribution in [0, 0.1) is 0 Å². The van der Waals surface area contributed by atoms with Crippen LogP contribution in [-0.4, -0.2) is 108 Å². The Labute approximate surface area is 295 Å². The van der Waals surface area contributed by atoms with E-state index in [1.165, 1.54) is 6.33 Å². The van der Waals surface area contributed by atoms with Crippen LogP contribution in [0.2, 0.25) is 0 Å². The molecule has 1 saturated heterocycles. The minimum absolute atomic E-state index is 0.251. The summed E-state index contributed by atoms with van der Waals surface area (Å²) in [6, 6.07) is 15.4. The third-order valence-electron chi connectivity index (χ3n) is 8.07. The number of primary amides is 1. The van der Waals surface area contributed by atoms with Crippen molar-refractivity contribution in [3.8, 4) is 22.8 Å². The highest BCUT2D eigenvalue weighted by molar-refractivity contribution is 5.98. The SMILES string of the molecule is CC(=O)O.CC(=O)O.CC(=O)O.CN1CCN([C@H]2CC[C@@H](n3nc(-c4cccc(Oc5ccccc5C(N)=O)c4)c4c(N)ncnc43)CC2)CC1. The largest absolute Gasteiger partial charge is 0.481 e. The van der Waals surface area contributed by atoms with Gasteiger partial charge in [0.2, 0.25) is 0 Å². The molecule has 16 heteroatoms. The quantitative estimate of drug-likeness (QED) is 0.191. The number of carbonyl (C=O) groups is 4. The molecule has 1 aliphatic heterocycles. The zero-order chi connectivity index (χ0) is 37.7. The second kappa shape index (κ2) is 19.0. The Morgan fingerprint density at radius 1 is 0.804 bits per heavy atom. The van der Waals surface area contributed by atoms with Crippen molar-refractivity contribution in [1.29, 1.82) is 0 Å². The van der Waals surface area contributed by atoms with Gasteiger partial charge < -0.3 is 36.4 Å². The van der Waals surface area contributed by atoms with Crippen LogP contribution in [0.4, 0.5) is 5.82 Å². The lowest BCUT2D eigenvalue weighted by molar-refractivity contribution is -0.135. The molecule has 0 unspecified atom stereocenters. The number of carboxylic acid groups (broad SMARTS) is 3. The topological polar surface area (TPSA) is 240 Å². The lowest BCUT2D eigenvalue weighted by Crippen LogP contribution is -2.49. The maximum atomic E-state index is 11.9. The molecule has 2 aromatic carbocycles. The monoisotopic (exact) mass is 706 g/mol. The highest BCUT2D eigenvalue weighted by Crippen LogP contribution is 2.38. The van der Waals surface area contributed by atoms with E-state index in [4.69, 9.17) is 51.0 Å². The number of aliphatic carboxylic acids is 3.